The zero-order valence-electron chi connectivity index (χ0n) is 7.73. The maximum absolute atomic E-state index is 5.86. The minimum absolute atomic E-state index is 0.352. The van der Waals surface area contributed by atoms with Crippen LogP contribution in [0, 0.1) is 0 Å². The molecule has 0 amide bonds. The van der Waals surface area contributed by atoms with Crippen LogP contribution in [0.3, 0.4) is 0 Å². The van der Waals surface area contributed by atoms with Crippen LogP contribution in [0.15, 0.2) is 54.6 Å². The van der Waals surface area contributed by atoms with Crippen molar-refractivity contribution in [2.75, 3.05) is 0 Å². The lowest BCUT2D eigenvalue weighted by molar-refractivity contribution is 0.902. The molecule has 14 heavy (non-hydrogen) atoms. The van der Waals surface area contributed by atoms with Gasteiger partial charge in [0.2, 0.25) is 0 Å². The highest BCUT2D eigenvalue weighted by atomic mass is 79.9. The van der Waals surface area contributed by atoms with Gasteiger partial charge in [-0.3, -0.25) is 0 Å². The van der Waals surface area contributed by atoms with Crippen LogP contribution in [0.1, 0.15) is 11.5 Å². The van der Waals surface area contributed by atoms with Gasteiger partial charge in [-0.1, -0.05) is 70.6 Å². The molecular formula is C12H12BrN. The second-order valence-electron chi connectivity index (χ2n) is 3.48. The van der Waals surface area contributed by atoms with Gasteiger partial charge in [0.1, 0.15) is 4.45 Å². The van der Waals surface area contributed by atoms with Crippen LogP contribution in [0.5, 0.6) is 0 Å². The van der Waals surface area contributed by atoms with Crippen molar-refractivity contribution < 1.29 is 0 Å². The fourth-order valence-electron chi connectivity index (χ4n) is 1.52. The lowest BCUT2D eigenvalue weighted by atomic mass is 9.94. The van der Waals surface area contributed by atoms with Gasteiger partial charge in [0.05, 0.1) is 0 Å². The summed E-state index contributed by atoms with van der Waals surface area (Å²) in [7, 11) is 0. The van der Waals surface area contributed by atoms with Gasteiger partial charge in [-0.15, -0.1) is 0 Å². The Kier molecular flexibility index (Phi) is 2.57. The molecule has 1 nitrogen and oxygen atoms in total. The standard InChI is InChI=1S/C12H12BrN/c13-12(14)8-6-11(7-9-12)10-4-2-1-3-5-10/h1-9,11H,14H2. The SMILES string of the molecule is NC1(Br)C=CC(c2ccccc2)C=C1. The van der Waals surface area contributed by atoms with E-state index in [0.717, 1.165) is 0 Å². The lowest BCUT2D eigenvalue weighted by Crippen LogP contribution is -2.28. The molecule has 0 spiro atoms. The Hall–Kier alpha value is -0.860. The first-order valence-electron chi connectivity index (χ1n) is 4.59. The van der Waals surface area contributed by atoms with Gasteiger partial charge in [0.15, 0.2) is 0 Å². The quantitative estimate of drug-likeness (QED) is 0.463. The molecule has 1 aromatic rings. The summed E-state index contributed by atoms with van der Waals surface area (Å²) in [4.78, 5) is 0. The number of hydrogen-bond donors (Lipinski definition) is 1. The number of nitrogens with two attached hydrogens (primary N) is 1. The number of benzene rings is 1. The predicted molar refractivity (Wildman–Crippen MR) is 63.3 cm³/mol. The summed E-state index contributed by atoms with van der Waals surface area (Å²) >= 11 is 3.40. The molecule has 2 rings (SSSR count). The van der Waals surface area contributed by atoms with E-state index in [2.05, 4.69) is 52.3 Å². The van der Waals surface area contributed by atoms with E-state index >= 15 is 0 Å². The van der Waals surface area contributed by atoms with Gasteiger partial charge in [0.25, 0.3) is 0 Å². The normalized spacial score (nSPS) is 30.6. The molecule has 2 heteroatoms. The monoisotopic (exact) mass is 249 g/mol. The zero-order chi connectivity index (χ0) is 10.0. The maximum Gasteiger partial charge on any atom is 0.109 e. The van der Waals surface area contributed by atoms with E-state index in [0.29, 0.717) is 5.92 Å². The van der Waals surface area contributed by atoms with Gasteiger partial charge in [-0.05, 0) is 5.56 Å². The van der Waals surface area contributed by atoms with Gasteiger partial charge in [-0.25, -0.2) is 0 Å². The highest BCUT2D eigenvalue weighted by Crippen LogP contribution is 2.27. The summed E-state index contributed by atoms with van der Waals surface area (Å²) in [5.74, 6) is 0.352. The molecular weight excluding hydrogens is 238 g/mol. The molecule has 0 fully saturated rings. The first-order valence-corrected chi connectivity index (χ1v) is 5.38. The molecule has 72 valence electrons. The fraction of sp³-hybridized carbons (Fsp3) is 0.167. The van der Waals surface area contributed by atoms with Crippen molar-refractivity contribution in [1.82, 2.24) is 0 Å². The van der Waals surface area contributed by atoms with Gasteiger partial charge in [-0.2, -0.15) is 0 Å². The van der Waals surface area contributed by atoms with Crippen LogP contribution >= 0.6 is 15.9 Å². The van der Waals surface area contributed by atoms with Crippen LogP contribution in [0.2, 0.25) is 0 Å². The topological polar surface area (TPSA) is 26.0 Å². The molecule has 0 aromatic heterocycles. The first-order chi connectivity index (χ1) is 6.67. The molecule has 1 aliphatic carbocycles. The Morgan fingerprint density at radius 2 is 1.64 bits per heavy atom. The number of rotatable bonds is 1. The van der Waals surface area contributed by atoms with Gasteiger partial charge < -0.3 is 5.73 Å². The number of halogens is 1. The maximum atomic E-state index is 5.86. The summed E-state index contributed by atoms with van der Waals surface area (Å²) in [6.45, 7) is 0. The van der Waals surface area contributed by atoms with Crippen LogP contribution < -0.4 is 5.73 Å². The molecule has 0 radical (unpaired) electrons. The smallest absolute Gasteiger partial charge is 0.109 e. The van der Waals surface area contributed by atoms with Crippen molar-refractivity contribution in [2.24, 2.45) is 5.73 Å². The van der Waals surface area contributed by atoms with E-state index in [4.69, 9.17) is 5.73 Å². The Labute approximate surface area is 92.4 Å². The summed E-state index contributed by atoms with van der Waals surface area (Å²) in [6.07, 6.45) is 8.18. The lowest BCUT2D eigenvalue weighted by Gasteiger charge is -2.20. The summed E-state index contributed by atoms with van der Waals surface area (Å²) < 4.78 is -0.460. The second-order valence-corrected chi connectivity index (χ2v) is 4.86. The molecule has 1 aliphatic rings. The third-order valence-electron chi connectivity index (χ3n) is 2.30. The first kappa shape index (κ1) is 9.69. The van der Waals surface area contributed by atoms with Crippen molar-refractivity contribution in [3.63, 3.8) is 0 Å². The Balaban J connectivity index is 2.22. The molecule has 0 saturated heterocycles. The van der Waals surface area contributed by atoms with Crippen molar-refractivity contribution in [3.8, 4) is 0 Å². The molecule has 0 bridgehead atoms. The fourth-order valence-corrected chi connectivity index (χ4v) is 1.82. The van der Waals surface area contributed by atoms with Gasteiger partial charge in [0, 0.05) is 5.92 Å². The van der Waals surface area contributed by atoms with Crippen molar-refractivity contribution in [2.45, 2.75) is 10.4 Å². The highest BCUT2D eigenvalue weighted by Gasteiger charge is 2.18. The summed E-state index contributed by atoms with van der Waals surface area (Å²) in [6, 6.07) is 10.4. The van der Waals surface area contributed by atoms with Gasteiger partial charge >= 0.3 is 0 Å². The molecule has 0 aliphatic heterocycles. The van der Waals surface area contributed by atoms with E-state index in [9.17, 15) is 0 Å². The molecule has 0 atom stereocenters. The van der Waals surface area contributed by atoms with Crippen molar-refractivity contribution >= 4 is 15.9 Å². The highest BCUT2D eigenvalue weighted by molar-refractivity contribution is 9.10. The Morgan fingerprint density at radius 3 is 2.21 bits per heavy atom. The number of allylic oxidation sites excluding steroid dienone is 2. The Morgan fingerprint density at radius 1 is 1.07 bits per heavy atom. The average molecular weight is 250 g/mol. The molecule has 0 unspecified atom stereocenters. The van der Waals surface area contributed by atoms with E-state index in [1.165, 1.54) is 5.56 Å². The van der Waals surface area contributed by atoms with Crippen LogP contribution in [0.25, 0.3) is 0 Å². The summed E-state index contributed by atoms with van der Waals surface area (Å²) in [5.41, 5.74) is 7.16. The van der Waals surface area contributed by atoms with Crippen LogP contribution in [-0.4, -0.2) is 4.45 Å². The average Bonchev–Trinajstić information content (AvgIpc) is 2.19. The third kappa shape index (κ3) is 2.14. The van der Waals surface area contributed by atoms with E-state index in [1.54, 1.807) is 0 Å². The third-order valence-corrected chi connectivity index (χ3v) is 2.83. The van der Waals surface area contributed by atoms with E-state index in [-0.39, 0.29) is 0 Å². The molecule has 0 saturated carbocycles. The zero-order valence-corrected chi connectivity index (χ0v) is 9.31. The molecule has 0 heterocycles. The molecule has 2 N–H and O–H groups in total. The minimum atomic E-state index is -0.460. The predicted octanol–water partition coefficient (Wildman–Crippen LogP) is 2.95. The van der Waals surface area contributed by atoms with Crippen molar-refractivity contribution in [3.05, 3.63) is 60.2 Å². The number of alkyl halides is 1. The largest absolute Gasteiger partial charge is 0.310 e. The van der Waals surface area contributed by atoms with Crippen LogP contribution in [-0.2, 0) is 0 Å². The second kappa shape index (κ2) is 3.71. The van der Waals surface area contributed by atoms with E-state index < -0.39 is 4.45 Å². The molecule has 1 aromatic carbocycles. The van der Waals surface area contributed by atoms with E-state index in [1.807, 2.05) is 18.2 Å². The number of hydrogen-bond acceptors (Lipinski definition) is 1. The minimum Gasteiger partial charge on any atom is -0.310 e. The van der Waals surface area contributed by atoms with Crippen LogP contribution in [0.4, 0.5) is 0 Å². The van der Waals surface area contributed by atoms with Crippen molar-refractivity contribution in [1.29, 1.82) is 0 Å². The Bertz CT molecular complexity index is 349. The summed E-state index contributed by atoms with van der Waals surface area (Å²) in [5, 5.41) is 0.